The van der Waals surface area contributed by atoms with Crippen molar-refractivity contribution in [2.75, 3.05) is 26.4 Å². The molecule has 0 saturated carbocycles. The van der Waals surface area contributed by atoms with Crippen molar-refractivity contribution < 1.29 is 47.8 Å². The third-order valence-corrected chi connectivity index (χ3v) is 9.94. The summed E-state index contributed by atoms with van der Waals surface area (Å²) in [6, 6.07) is 0. The van der Waals surface area contributed by atoms with Crippen molar-refractivity contribution in [3.8, 4) is 0 Å². The summed E-state index contributed by atoms with van der Waals surface area (Å²) >= 11 is 0. The van der Waals surface area contributed by atoms with Gasteiger partial charge in [-0.3, -0.25) is 14.2 Å². The molecule has 11 nitrogen and oxygen atoms in total. The van der Waals surface area contributed by atoms with Crippen LogP contribution in [0.25, 0.3) is 0 Å². The molecule has 0 aromatic rings. The molecule has 2 atom stereocenters. The lowest BCUT2D eigenvalue weighted by Crippen LogP contribution is -2.27. The number of allylic oxidation sites excluding steroid dienone is 4. The molecule has 0 rings (SSSR count). The Morgan fingerprint density at radius 1 is 0.500 bits per heavy atom. The van der Waals surface area contributed by atoms with Gasteiger partial charge in [0, 0.05) is 12.8 Å². The van der Waals surface area contributed by atoms with Gasteiger partial charge in [0.25, 0.3) is 7.82 Å². The molecule has 0 aliphatic rings. The number of carbonyl (C=O) groups is 2. The van der Waals surface area contributed by atoms with Crippen molar-refractivity contribution in [3.05, 3.63) is 24.3 Å². The topological polar surface area (TPSA) is 188 Å². The van der Waals surface area contributed by atoms with Crippen LogP contribution in [0, 0.1) is 0 Å². The van der Waals surface area contributed by atoms with E-state index < -0.39 is 58.4 Å². The number of rotatable bonds is 40. The van der Waals surface area contributed by atoms with Gasteiger partial charge in [-0.25, -0.2) is 0 Å². The minimum atomic E-state index is -4.85. The third-order valence-electron chi connectivity index (χ3n) is 9.01. The molecule has 0 bridgehead atoms. The highest BCUT2D eigenvalue weighted by atomic mass is 31.2. The quantitative estimate of drug-likeness (QED) is 0.0233. The zero-order valence-electron chi connectivity index (χ0n) is 34.7. The molecule has 0 unspecified atom stereocenters. The fourth-order valence-electron chi connectivity index (χ4n) is 5.69. The Bertz CT molecular complexity index is 878. The summed E-state index contributed by atoms with van der Waals surface area (Å²) in [5.74, 6) is -0.920. The molecule has 0 fully saturated rings. The summed E-state index contributed by atoms with van der Waals surface area (Å²) < 4.78 is 31.3. The van der Waals surface area contributed by atoms with Crippen molar-refractivity contribution >= 4 is 19.8 Å². The summed E-state index contributed by atoms with van der Waals surface area (Å²) in [6.07, 6.45) is 37.1. The van der Waals surface area contributed by atoms with Crippen molar-refractivity contribution in [3.63, 3.8) is 0 Å². The lowest BCUT2D eigenvalue weighted by molar-refractivity contribution is -0.229. The van der Waals surface area contributed by atoms with Gasteiger partial charge in [-0.15, -0.1) is 0 Å². The molecule has 0 spiro atoms. The molecule has 0 radical (unpaired) electrons. The van der Waals surface area contributed by atoms with E-state index in [9.17, 15) is 29.3 Å². The average Bonchev–Trinajstić information content (AvgIpc) is 3.14. The summed E-state index contributed by atoms with van der Waals surface area (Å²) in [7, 11) is -4.85. The number of quaternary nitrogens is 1. The Hall–Kier alpha value is -1.59. The molecular formula is C42H82NO10P. The van der Waals surface area contributed by atoms with Gasteiger partial charge in [-0.2, -0.15) is 0 Å². The maximum absolute atomic E-state index is 12.0. The van der Waals surface area contributed by atoms with E-state index in [1.54, 1.807) is 0 Å². The van der Waals surface area contributed by atoms with Crippen LogP contribution in [0.1, 0.15) is 194 Å². The minimum Gasteiger partial charge on any atom is -0.756 e. The van der Waals surface area contributed by atoms with Crippen LogP contribution in [0.4, 0.5) is 0 Å². The fraction of sp³-hybridized carbons (Fsp3) is 0.857. The van der Waals surface area contributed by atoms with Gasteiger partial charge in [-0.1, -0.05) is 141 Å². The Morgan fingerprint density at radius 3 is 1.09 bits per heavy atom. The second-order valence-corrected chi connectivity index (χ2v) is 15.8. The number of phosphoric ester groups is 1. The number of aliphatic hydroxyl groups excluding tert-OH is 2. The molecule has 0 aromatic carbocycles. The first-order chi connectivity index (χ1) is 25.7. The zero-order valence-corrected chi connectivity index (χ0v) is 35.6. The number of esters is 2. The number of hydrogen-bond acceptors (Lipinski definition) is 10. The third kappa shape index (κ3) is 41.6. The molecule has 54 heavy (non-hydrogen) atoms. The molecule has 0 aromatic heterocycles. The van der Waals surface area contributed by atoms with Crippen LogP contribution in [-0.4, -0.2) is 60.8 Å². The number of carbonyl (C=O) groups excluding carboxylic acids is 2. The van der Waals surface area contributed by atoms with E-state index in [0.717, 1.165) is 64.2 Å². The molecule has 0 aliphatic heterocycles. The Morgan fingerprint density at radius 2 is 0.778 bits per heavy atom. The first-order valence-electron chi connectivity index (χ1n) is 21.3. The van der Waals surface area contributed by atoms with Crippen LogP contribution in [0.3, 0.4) is 0 Å². The molecule has 320 valence electrons. The maximum atomic E-state index is 12.0. The van der Waals surface area contributed by atoms with E-state index in [4.69, 9.17) is 9.47 Å². The zero-order chi connectivity index (χ0) is 39.1. The van der Waals surface area contributed by atoms with E-state index in [2.05, 4.69) is 47.2 Å². The Labute approximate surface area is 329 Å². The van der Waals surface area contributed by atoms with Crippen LogP contribution in [0.2, 0.25) is 0 Å². The predicted molar refractivity (Wildman–Crippen MR) is 218 cm³/mol. The normalized spacial score (nSPS) is 13.0. The van der Waals surface area contributed by atoms with Crippen LogP contribution < -0.4 is 11.0 Å². The van der Waals surface area contributed by atoms with Crippen molar-refractivity contribution in [1.29, 1.82) is 0 Å². The number of aliphatic hydroxyl groups is 2. The predicted octanol–water partition coefficient (Wildman–Crippen LogP) is 10.7. The van der Waals surface area contributed by atoms with Crippen LogP contribution in [0.15, 0.2) is 24.3 Å². The van der Waals surface area contributed by atoms with E-state index in [1.807, 2.05) is 0 Å². The molecule has 0 saturated heterocycles. The largest absolute Gasteiger partial charge is 0.756 e. The highest BCUT2D eigenvalue weighted by Crippen LogP contribution is 2.38. The van der Waals surface area contributed by atoms with Gasteiger partial charge in [0.15, 0.2) is 0 Å². The van der Waals surface area contributed by atoms with Crippen LogP contribution >= 0.6 is 7.82 Å². The Kier molecular flexibility index (Phi) is 41.4. The average molecular weight is 792 g/mol. The smallest absolute Gasteiger partial charge is 0.305 e. The monoisotopic (exact) mass is 792 g/mol. The van der Waals surface area contributed by atoms with E-state index in [-0.39, 0.29) is 19.0 Å². The second kappa shape index (κ2) is 41.1. The summed E-state index contributed by atoms with van der Waals surface area (Å²) in [6.45, 7) is 2.34. The lowest BCUT2D eigenvalue weighted by atomic mass is 10.1. The van der Waals surface area contributed by atoms with Gasteiger partial charge in [0.1, 0.15) is 25.4 Å². The van der Waals surface area contributed by atoms with Gasteiger partial charge < -0.3 is 39.8 Å². The fourth-order valence-corrected chi connectivity index (χ4v) is 6.47. The van der Waals surface area contributed by atoms with Gasteiger partial charge in [-0.05, 0) is 64.2 Å². The number of hydrogen-bond donors (Lipinski definition) is 3. The first kappa shape index (κ1) is 54.5. The highest BCUT2D eigenvalue weighted by molar-refractivity contribution is 7.45. The summed E-state index contributed by atoms with van der Waals surface area (Å²) in [4.78, 5) is 35.9. The van der Waals surface area contributed by atoms with Crippen molar-refractivity contribution in [2.45, 2.75) is 206 Å². The van der Waals surface area contributed by atoms with E-state index in [1.165, 1.54) is 89.9 Å². The highest BCUT2D eigenvalue weighted by Gasteiger charge is 2.18. The molecule has 0 heterocycles. The minimum absolute atomic E-state index is 0. The molecule has 6 N–H and O–H groups in total. The molecule has 0 aliphatic carbocycles. The van der Waals surface area contributed by atoms with Crippen LogP contribution in [0.5, 0.6) is 0 Å². The number of ether oxygens (including phenoxy) is 2. The van der Waals surface area contributed by atoms with Gasteiger partial charge in [0.05, 0.1) is 13.2 Å². The van der Waals surface area contributed by atoms with Gasteiger partial charge >= 0.3 is 11.9 Å². The standard InChI is InChI=1S/C42H79O10P.H3N/c1-3-5-7-9-11-13-15-17-19-21-23-25-27-29-31-33-41(45)49-35-39(43)37-51-53(47,48)52-38-40(44)36-50-42(46)34-32-30-28-26-24-22-20-18-16-14-12-10-8-6-4-2;/h17-20,39-40,43-44H,3-16,21-38H2,1-2H3,(H,47,48);1H3/b19-17-,20-18-;/t39-,40-;/m1./s1. The SMILES string of the molecule is CCCCCCCC/C=C\CCCCCCCC(=O)OC[C@@H](O)COP(=O)([O-])OC[C@H](O)COC(=O)CCCCCCC/C=C\CCCCCCCC.[NH4+]. The Balaban J connectivity index is 0. The number of unbranched alkanes of at least 4 members (excludes halogenated alkanes) is 22. The summed E-state index contributed by atoms with van der Waals surface area (Å²) in [5.41, 5.74) is 0. The second-order valence-electron chi connectivity index (χ2n) is 14.4. The number of phosphoric acid groups is 1. The van der Waals surface area contributed by atoms with E-state index >= 15 is 0 Å². The summed E-state index contributed by atoms with van der Waals surface area (Å²) in [5, 5.41) is 19.9. The molecular weight excluding hydrogens is 709 g/mol. The van der Waals surface area contributed by atoms with Crippen molar-refractivity contribution in [2.24, 2.45) is 0 Å². The van der Waals surface area contributed by atoms with E-state index in [0.29, 0.717) is 12.8 Å². The first-order valence-corrected chi connectivity index (χ1v) is 22.7. The van der Waals surface area contributed by atoms with Gasteiger partial charge in [0.2, 0.25) is 0 Å². The molecule has 0 amide bonds. The maximum Gasteiger partial charge on any atom is 0.305 e. The molecule has 12 heteroatoms. The van der Waals surface area contributed by atoms with Crippen LogP contribution in [-0.2, 0) is 32.7 Å². The van der Waals surface area contributed by atoms with Crippen molar-refractivity contribution in [1.82, 2.24) is 6.15 Å². The lowest BCUT2D eigenvalue weighted by Gasteiger charge is -2.25.